The van der Waals surface area contributed by atoms with E-state index in [9.17, 15) is 0 Å². The largest absolute Gasteiger partial charge is 0.496 e. The number of hydrogen-bond donors (Lipinski definition) is 1. The summed E-state index contributed by atoms with van der Waals surface area (Å²) in [5.74, 6) is 2.11. The summed E-state index contributed by atoms with van der Waals surface area (Å²) in [6.07, 6.45) is 4.13. The summed E-state index contributed by atoms with van der Waals surface area (Å²) in [5.41, 5.74) is 0. The van der Waals surface area contributed by atoms with Crippen molar-refractivity contribution in [1.29, 1.82) is 0 Å². The van der Waals surface area contributed by atoms with Crippen molar-refractivity contribution in [2.75, 3.05) is 26.8 Å². The molecule has 0 spiro atoms. The quantitative estimate of drug-likeness (QED) is 0.929. The molecule has 1 fully saturated rings. The zero-order valence-electron chi connectivity index (χ0n) is 11.8. The van der Waals surface area contributed by atoms with Gasteiger partial charge in [-0.25, -0.2) is 4.98 Å². The third-order valence-electron chi connectivity index (χ3n) is 3.85. The van der Waals surface area contributed by atoms with Gasteiger partial charge in [0, 0.05) is 6.20 Å². The van der Waals surface area contributed by atoms with Gasteiger partial charge in [-0.1, -0.05) is 12.1 Å². The Balaban J connectivity index is 1.83. The minimum Gasteiger partial charge on any atom is -0.496 e. The van der Waals surface area contributed by atoms with Crippen molar-refractivity contribution in [3.05, 3.63) is 30.5 Å². The molecule has 1 saturated heterocycles. The highest BCUT2D eigenvalue weighted by Gasteiger charge is 2.15. The molecule has 0 saturated carbocycles. The van der Waals surface area contributed by atoms with Crippen LogP contribution in [-0.4, -0.2) is 31.8 Å². The van der Waals surface area contributed by atoms with Gasteiger partial charge in [0.2, 0.25) is 5.88 Å². The minimum absolute atomic E-state index is 0.614. The topological polar surface area (TPSA) is 43.4 Å². The number of fused-ring (bicyclic) bond motifs is 1. The number of nitrogens with zero attached hydrogens (tertiary/aromatic N) is 1. The fourth-order valence-electron chi connectivity index (χ4n) is 2.69. The van der Waals surface area contributed by atoms with E-state index < -0.39 is 0 Å². The maximum Gasteiger partial charge on any atom is 0.225 e. The Morgan fingerprint density at radius 3 is 2.90 bits per heavy atom. The smallest absolute Gasteiger partial charge is 0.225 e. The van der Waals surface area contributed by atoms with Crippen molar-refractivity contribution in [2.45, 2.75) is 12.8 Å². The Kier molecular flexibility index (Phi) is 4.02. The number of ether oxygens (including phenoxy) is 2. The number of aromatic nitrogens is 1. The average molecular weight is 272 g/mol. The highest BCUT2D eigenvalue weighted by molar-refractivity contribution is 5.92. The van der Waals surface area contributed by atoms with Crippen molar-refractivity contribution in [3.63, 3.8) is 0 Å². The van der Waals surface area contributed by atoms with Crippen LogP contribution in [0.5, 0.6) is 11.6 Å². The summed E-state index contributed by atoms with van der Waals surface area (Å²) in [7, 11) is 1.68. The normalized spacial score (nSPS) is 16.2. The van der Waals surface area contributed by atoms with E-state index in [0.717, 1.165) is 36.2 Å². The fraction of sp³-hybridized carbons (Fsp3) is 0.438. The van der Waals surface area contributed by atoms with Gasteiger partial charge in [-0.15, -0.1) is 0 Å². The molecule has 2 aromatic rings. The molecule has 0 radical (unpaired) electrons. The first kappa shape index (κ1) is 13.2. The van der Waals surface area contributed by atoms with E-state index in [-0.39, 0.29) is 0 Å². The molecule has 0 amide bonds. The van der Waals surface area contributed by atoms with Crippen molar-refractivity contribution in [1.82, 2.24) is 10.3 Å². The molecule has 4 nitrogen and oxygen atoms in total. The van der Waals surface area contributed by atoms with Crippen LogP contribution in [0.4, 0.5) is 0 Å². The summed E-state index contributed by atoms with van der Waals surface area (Å²) in [6, 6.07) is 7.96. The van der Waals surface area contributed by atoms with Crippen molar-refractivity contribution >= 4 is 10.8 Å². The number of pyridine rings is 1. The molecule has 1 aromatic carbocycles. The molecule has 0 bridgehead atoms. The van der Waals surface area contributed by atoms with Crippen molar-refractivity contribution in [2.24, 2.45) is 5.92 Å². The third-order valence-corrected chi connectivity index (χ3v) is 3.85. The number of methoxy groups -OCH3 is 1. The predicted molar refractivity (Wildman–Crippen MR) is 79.4 cm³/mol. The van der Waals surface area contributed by atoms with Gasteiger partial charge in [-0.2, -0.15) is 0 Å². The molecule has 3 rings (SSSR count). The lowest BCUT2D eigenvalue weighted by atomic mass is 9.99. The number of hydrogen-bond acceptors (Lipinski definition) is 4. The van der Waals surface area contributed by atoms with E-state index in [4.69, 9.17) is 9.47 Å². The van der Waals surface area contributed by atoms with E-state index in [2.05, 4.69) is 16.4 Å². The predicted octanol–water partition coefficient (Wildman–Crippen LogP) is 2.62. The third kappa shape index (κ3) is 2.70. The van der Waals surface area contributed by atoms with E-state index >= 15 is 0 Å². The van der Waals surface area contributed by atoms with Gasteiger partial charge in [0.15, 0.2) is 0 Å². The Bertz CT molecular complexity index is 574. The standard InChI is InChI=1S/C16H20N2O2/c1-19-14-4-2-3-13-7-10-18-16(15(13)14)20-11-12-5-8-17-9-6-12/h2-4,7,10,12,17H,5-6,8-9,11H2,1H3. The number of benzene rings is 1. The maximum absolute atomic E-state index is 5.98. The van der Waals surface area contributed by atoms with Gasteiger partial charge in [0.1, 0.15) is 5.75 Å². The van der Waals surface area contributed by atoms with Crippen LogP contribution in [0.2, 0.25) is 0 Å². The van der Waals surface area contributed by atoms with Crippen LogP contribution in [-0.2, 0) is 0 Å². The van der Waals surface area contributed by atoms with Crippen LogP contribution < -0.4 is 14.8 Å². The molecular formula is C16H20N2O2. The molecule has 20 heavy (non-hydrogen) atoms. The monoisotopic (exact) mass is 272 g/mol. The van der Waals surface area contributed by atoms with Gasteiger partial charge in [-0.05, 0) is 49.4 Å². The molecule has 1 N–H and O–H groups in total. The van der Waals surface area contributed by atoms with E-state index in [1.165, 1.54) is 12.8 Å². The second kappa shape index (κ2) is 6.09. The maximum atomic E-state index is 5.98. The molecule has 4 heteroatoms. The van der Waals surface area contributed by atoms with Crippen LogP contribution in [0.3, 0.4) is 0 Å². The Labute approximate surface area is 119 Å². The zero-order valence-corrected chi connectivity index (χ0v) is 11.8. The first-order valence-electron chi connectivity index (χ1n) is 7.13. The van der Waals surface area contributed by atoms with Crippen LogP contribution in [0.15, 0.2) is 30.5 Å². The number of piperidine rings is 1. The van der Waals surface area contributed by atoms with Crippen LogP contribution in [0.1, 0.15) is 12.8 Å². The first-order valence-corrected chi connectivity index (χ1v) is 7.13. The second-order valence-corrected chi connectivity index (χ2v) is 5.18. The highest BCUT2D eigenvalue weighted by Crippen LogP contribution is 2.32. The molecule has 0 atom stereocenters. The van der Waals surface area contributed by atoms with E-state index in [1.807, 2.05) is 18.2 Å². The van der Waals surface area contributed by atoms with Crippen molar-refractivity contribution < 1.29 is 9.47 Å². The molecule has 106 valence electrons. The summed E-state index contributed by atoms with van der Waals surface area (Å²) < 4.78 is 11.4. The Morgan fingerprint density at radius 2 is 2.10 bits per heavy atom. The van der Waals surface area contributed by atoms with Gasteiger partial charge in [-0.3, -0.25) is 0 Å². The molecular weight excluding hydrogens is 252 g/mol. The van der Waals surface area contributed by atoms with Crippen LogP contribution in [0, 0.1) is 5.92 Å². The second-order valence-electron chi connectivity index (χ2n) is 5.18. The SMILES string of the molecule is COc1cccc2ccnc(OCC3CCNCC3)c12. The molecule has 1 aliphatic heterocycles. The first-order chi connectivity index (χ1) is 9.88. The molecule has 0 aliphatic carbocycles. The zero-order chi connectivity index (χ0) is 13.8. The van der Waals surface area contributed by atoms with Crippen LogP contribution in [0.25, 0.3) is 10.8 Å². The fourth-order valence-corrected chi connectivity index (χ4v) is 2.69. The lowest BCUT2D eigenvalue weighted by Gasteiger charge is -2.22. The highest BCUT2D eigenvalue weighted by atomic mass is 16.5. The Hall–Kier alpha value is -1.81. The van der Waals surface area contributed by atoms with Crippen molar-refractivity contribution in [3.8, 4) is 11.6 Å². The lowest BCUT2D eigenvalue weighted by Crippen LogP contribution is -2.30. The lowest BCUT2D eigenvalue weighted by molar-refractivity contribution is 0.211. The number of nitrogens with one attached hydrogen (secondary N) is 1. The van der Waals surface area contributed by atoms with E-state index in [0.29, 0.717) is 11.8 Å². The van der Waals surface area contributed by atoms with Crippen LogP contribution >= 0.6 is 0 Å². The number of rotatable bonds is 4. The molecule has 1 aliphatic rings. The van der Waals surface area contributed by atoms with E-state index in [1.54, 1.807) is 13.3 Å². The van der Waals surface area contributed by atoms with Gasteiger partial charge >= 0.3 is 0 Å². The summed E-state index contributed by atoms with van der Waals surface area (Å²) in [6.45, 7) is 2.90. The summed E-state index contributed by atoms with van der Waals surface area (Å²) >= 11 is 0. The van der Waals surface area contributed by atoms with Gasteiger partial charge < -0.3 is 14.8 Å². The average Bonchev–Trinajstić information content (AvgIpc) is 2.53. The molecule has 0 unspecified atom stereocenters. The molecule has 1 aromatic heterocycles. The minimum atomic E-state index is 0.614. The molecule has 2 heterocycles. The summed E-state index contributed by atoms with van der Waals surface area (Å²) in [4.78, 5) is 4.38. The van der Waals surface area contributed by atoms with Gasteiger partial charge in [0.25, 0.3) is 0 Å². The van der Waals surface area contributed by atoms with Gasteiger partial charge in [0.05, 0.1) is 19.1 Å². The summed E-state index contributed by atoms with van der Waals surface area (Å²) in [5, 5.41) is 5.43. The Morgan fingerprint density at radius 1 is 1.25 bits per heavy atom.